The largest absolute Gasteiger partial charge is 0.462 e. The molecule has 0 saturated heterocycles. The third-order valence-electron chi connectivity index (χ3n) is 7.07. The van der Waals surface area contributed by atoms with E-state index in [2.05, 4.69) is 35.4 Å². The van der Waals surface area contributed by atoms with E-state index in [1.54, 1.807) is 48.5 Å². The summed E-state index contributed by atoms with van der Waals surface area (Å²) >= 11 is 0. The summed E-state index contributed by atoms with van der Waals surface area (Å²) in [6, 6.07) is 22.6. The number of ether oxygens (including phenoxy) is 1. The maximum Gasteiger partial charge on any atom is 0.338 e. The van der Waals surface area contributed by atoms with Crippen molar-refractivity contribution in [1.82, 2.24) is 9.88 Å². The van der Waals surface area contributed by atoms with Crippen molar-refractivity contribution in [2.45, 2.75) is 63.1 Å². The number of hydrogen-bond donors (Lipinski definition) is 3. The van der Waals surface area contributed by atoms with Gasteiger partial charge in [-0.2, -0.15) is 0 Å². The first-order valence-corrected chi connectivity index (χ1v) is 15.4. The molecule has 9 heteroatoms. The highest BCUT2D eigenvalue weighted by Crippen LogP contribution is 2.23. The summed E-state index contributed by atoms with van der Waals surface area (Å²) in [7, 11) is -3.72. The van der Waals surface area contributed by atoms with Crippen molar-refractivity contribution in [3.8, 4) is 0 Å². The molecule has 0 bridgehead atoms. The topological polar surface area (TPSA) is 110 Å². The zero-order chi connectivity index (χ0) is 29.5. The Labute approximate surface area is 242 Å². The number of carbonyl (C=O) groups is 1. The molecule has 0 saturated carbocycles. The molecule has 3 N–H and O–H groups in total. The van der Waals surface area contributed by atoms with E-state index in [1.165, 1.54) is 12.1 Å². The molecule has 41 heavy (non-hydrogen) atoms. The molecular weight excluding hydrogens is 538 g/mol. The minimum atomic E-state index is -3.72. The molecule has 4 aromatic rings. The summed E-state index contributed by atoms with van der Waals surface area (Å²) in [6.07, 6.45) is 3.82. The molecule has 3 aromatic carbocycles. The van der Waals surface area contributed by atoms with Crippen LogP contribution in [0.15, 0.2) is 90.0 Å². The van der Waals surface area contributed by atoms with Gasteiger partial charge in [-0.05, 0) is 80.8 Å². The van der Waals surface area contributed by atoms with Crippen LogP contribution in [0.5, 0.6) is 0 Å². The van der Waals surface area contributed by atoms with Crippen LogP contribution in [0, 0.1) is 0 Å². The van der Waals surface area contributed by atoms with Gasteiger partial charge in [0.15, 0.2) is 0 Å². The number of nitrogens with zero attached hydrogens (tertiary/aromatic N) is 1. The third kappa shape index (κ3) is 8.19. The normalized spacial score (nSPS) is 12.8. The number of aryl methyl sites for hydroxylation is 1. The number of aromatic nitrogens is 1. The van der Waals surface area contributed by atoms with E-state index in [0.717, 1.165) is 36.7 Å². The predicted molar refractivity (Wildman–Crippen MR) is 162 cm³/mol. The van der Waals surface area contributed by atoms with Gasteiger partial charge in [0, 0.05) is 41.4 Å². The van der Waals surface area contributed by atoms with Crippen LogP contribution in [-0.4, -0.2) is 42.8 Å². The van der Waals surface area contributed by atoms with Crippen LogP contribution in [-0.2, 0) is 21.3 Å². The van der Waals surface area contributed by atoms with Gasteiger partial charge in [-0.3, -0.25) is 4.72 Å². The number of β-amino-alcohol motifs (C(OH)–C–C–N with tert-alkyl or cyclic N) is 1. The number of unbranched alkanes of at least 4 members (excludes halogenated alkanes) is 1. The van der Waals surface area contributed by atoms with E-state index in [-0.39, 0.29) is 16.4 Å². The number of esters is 1. The predicted octanol–water partition coefficient (Wildman–Crippen LogP) is 5.89. The second-order valence-corrected chi connectivity index (χ2v) is 12.5. The third-order valence-corrected chi connectivity index (χ3v) is 8.46. The summed E-state index contributed by atoms with van der Waals surface area (Å²) in [5, 5.41) is 15.3. The van der Waals surface area contributed by atoms with E-state index >= 15 is 0 Å². The SMILES string of the molecule is CCCCOC(=O)c1ccc2c(ccn2CCC(C)(C)NCC(O)c2cccc(NS(=O)(=O)c3ccccc3)c2)c1. The lowest BCUT2D eigenvalue weighted by molar-refractivity contribution is 0.0500. The first-order chi connectivity index (χ1) is 19.6. The van der Waals surface area contributed by atoms with Gasteiger partial charge in [0.1, 0.15) is 0 Å². The van der Waals surface area contributed by atoms with Crippen molar-refractivity contribution >= 4 is 32.6 Å². The molecule has 8 nitrogen and oxygen atoms in total. The van der Waals surface area contributed by atoms with Gasteiger partial charge >= 0.3 is 5.97 Å². The van der Waals surface area contributed by atoms with Crippen LogP contribution >= 0.6 is 0 Å². The van der Waals surface area contributed by atoms with E-state index < -0.39 is 16.1 Å². The van der Waals surface area contributed by atoms with E-state index in [4.69, 9.17) is 4.74 Å². The van der Waals surface area contributed by atoms with Gasteiger partial charge in [0.2, 0.25) is 0 Å². The number of fused-ring (bicyclic) bond motifs is 1. The molecule has 0 amide bonds. The fraction of sp³-hybridized carbons (Fsp3) is 0.344. The number of carbonyl (C=O) groups excluding carboxylic acids is 1. The van der Waals surface area contributed by atoms with Gasteiger partial charge < -0.3 is 19.7 Å². The molecule has 4 rings (SSSR count). The first kappa shape index (κ1) is 30.3. The quantitative estimate of drug-likeness (QED) is 0.127. The number of benzene rings is 3. The Kier molecular flexibility index (Phi) is 9.86. The Morgan fingerprint density at radius 3 is 2.56 bits per heavy atom. The van der Waals surface area contributed by atoms with Crippen LogP contribution in [0.4, 0.5) is 5.69 Å². The maximum absolute atomic E-state index is 12.7. The van der Waals surface area contributed by atoms with Crippen LogP contribution in [0.3, 0.4) is 0 Å². The highest BCUT2D eigenvalue weighted by molar-refractivity contribution is 7.92. The Hall–Kier alpha value is -3.66. The molecule has 0 aliphatic carbocycles. The van der Waals surface area contributed by atoms with Crippen molar-refractivity contribution in [2.24, 2.45) is 0 Å². The molecule has 1 atom stereocenters. The molecule has 0 spiro atoms. The van der Waals surface area contributed by atoms with Gasteiger partial charge in [0.05, 0.1) is 23.2 Å². The minimum absolute atomic E-state index is 0.176. The number of aliphatic hydroxyl groups excluding tert-OH is 1. The number of aliphatic hydroxyl groups is 1. The van der Waals surface area contributed by atoms with Gasteiger partial charge in [-0.15, -0.1) is 0 Å². The molecule has 1 aromatic heterocycles. The van der Waals surface area contributed by atoms with Gasteiger partial charge in [-0.25, -0.2) is 13.2 Å². The lowest BCUT2D eigenvalue weighted by atomic mass is 9.99. The first-order valence-electron chi connectivity index (χ1n) is 13.9. The summed E-state index contributed by atoms with van der Waals surface area (Å²) in [5.74, 6) is -0.295. The van der Waals surface area contributed by atoms with Crippen LogP contribution in [0.25, 0.3) is 10.9 Å². The molecule has 0 aliphatic rings. The van der Waals surface area contributed by atoms with Crippen molar-refractivity contribution < 1.29 is 23.1 Å². The lowest BCUT2D eigenvalue weighted by Crippen LogP contribution is -2.42. The fourth-order valence-electron chi connectivity index (χ4n) is 4.52. The summed E-state index contributed by atoms with van der Waals surface area (Å²) in [4.78, 5) is 12.5. The molecule has 1 unspecified atom stereocenters. The Morgan fingerprint density at radius 2 is 1.80 bits per heavy atom. The van der Waals surface area contributed by atoms with Crippen LogP contribution in [0.1, 0.15) is 62.1 Å². The van der Waals surface area contributed by atoms with Crippen molar-refractivity contribution in [1.29, 1.82) is 0 Å². The minimum Gasteiger partial charge on any atom is -0.462 e. The van der Waals surface area contributed by atoms with E-state index in [0.29, 0.717) is 30.0 Å². The maximum atomic E-state index is 12.7. The summed E-state index contributed by atoms with van der Waals surface area (Å²) in [5.41, 5.74) is 2.32. The molecule has 0 aliphatic heterocycles. The zero-order valence-electron chi connectivity index (χ0n) is 23.8. The highest BCUT2D eigenvalue weighted by atomic mass is 32.2. The zero-order valence-corrected chi connectivity index (χ0v) is 24.7. The average molecular weight is 578 g/mol. The van der Waals surface area contributed by atoms with Gasteiger partial charge in [0.25, 0.3) is 10.0 Å². The van der Waals surface area contributed by atoms with E-state index in [9.17, 15) is 18.3 Å². The van der Waals surface area contributed by atoms with E-state index in [1.807, 2.05) is 24.4 Å². The van der Waals surface area contributed by atoms with Crippen molar-refractivity contribution in [3.63, 3.8) is 0 Å². The Balaban J connectivity index is 1.32. The molecule has 0 fully saturated rings. The molecule has 0 radical (unpaired) electrons. The summed E-state index contributed by atoms with van der Waals surface area (Å²) < 4.78 is 35.4. The fourth-order valence-corrected chi connectivity index (χ4v) is 5.59. The average Bonchev–Trinajstić information content (AvgIpc) is 3.38. The smallest absolute Gasteiger partial charge is 0.338 e. The Bertz CT molecular complexity index is 1560. The number of sulfonamides is 1. The second kappa shape index (κ2) is 13.3. The molecular formula is C32H39N3O5S. The number of rotatable bonds is 14. The monoisotopic (exact) mass is 577 g/mol. The number of anilines is 1. The van der Waals surface area contributed by atoms with Gasteiger partial charge in [-0.1, -0.05) is 43.7 Å². The number of nitrogens with one attached hydrogen (secondary N) is 2. The van der Waals surface area contributed by atoms with Crippen LogP contribution < -0.4 is 10.0 Å². The highest BCUT2D eigenvalue weighted by Gasteiger charge is 2.21. The molecule has 218 valence electrons. The van der Waals surface area contributed by atoms with Crippen molar-refractivity contribution in [3.05, 3.63) is 96.2 Å². The summed E-state index contributed by atoms with van der Waals surface area (Å²) in [6.45, 7) is 7.71. The Morgan fingerprint density at radius 1 is 1.02 bits per heavy atom. The van der Waals surface area contributed by atoms with Crippen molar-refractivity contribution in [2.75, 3.05) is 17.9 Å². The second-order valence-electron chi connectivity index (χ2n) is 10.8. The lowest BCUT2D eigenvalue weighted by Gasteiger charge is -2.28. The number of hydrogen-bond acceptors (Lipinski definition) is 6. The van der Waals surface area contributed by atoms with Crippen LogP contribution in [0.2, 0.25) is 0 Å². The standard InChI is InChI=1S/C32H39N3O5S/c1-4-5-20-40-31(37)26-14-15-29-24(21-26)16-18-35(29)19-17-32(2,3)33-23-30(36)25-10-9-11-27(22-25)34-41(38,39)28-12-7-6-8-13-28/h6-16,18,21-22,30,33-34,36H,4-5,17,19-20,23H2,1-3H3. The molecule has 1 heterocycles.